The highest BCUT2D eigenvalue weighted by Crippen LogP contribution is 2.27. The summed E-state index contributed by atoms with van der Waals surface area (Å²) in [6, 6.07) is 13.3. The zero-order valence-corrected chi connectivity index (χ0v) is 18.7. The minimum absolute atomic E-state index is 0. The fourth-order valence-corrected chi connectivity index (χ4v) is 4.21. The molecule has 1 aliphatic rings. The van der Waals surface area contributed by atoms with E-state index in [1.807, 2.05) is 18.4 Å². The van der Waals surface area contributed by atoms with Crippen LogP contribution in [0.5, 0.6) is 0 Å². The Morgan fingerprint density at radius 2 is 1.92 bits per heavy atom. The molecule has 0 spiro atoms. The van der Waals surface area contributed by atoms with E-state index in [1.165, 1.54) is 41.9 Å². The van der Waals surface area contributed by atoms with Crippen molar-refractivity contribution in [2.45, 2.75) is 32.4 Å². The highest BCUT2D eigenvalue weighted by atomic mass is 127. The molecule has 142 valence electrons. The van der Waals surface area contributed by atoms with Gasteiger partial charge in [-0.15, -0.1) is 35.3 Å². The molecule has 2 aromatic rings. The second-order valence-electron chi connectivity index (χ2n) is 6.51. The van der Waals surface area contributed by atoms with Gasteiger partial charge in [0.2, 0.25) is 0 Å². The third-order valence-corrected chi connectivity index (χ3v) is 5.82. The molecule has 1 fully saturated rings. The number of hydrogen-bond donors (Lipinski definition) is 2. The van der Waals surface area contributed by atoms with Gasteiger partial charge in [0, 0.05) is 25.0 Å². The number of hydrogen-bond acceptors (Lipinski definition) is 3. The smallest absolute Gasteiger partial charge is 0.191 e. The van der Waals surface area contributed by atoms with E-state index in [0.29, 0.717) is 6.04 Å². The first-order valence-electron chi connectivity index (χ1n) is 9.04. The number of nitrogens with one attached hydrogen (secondary N) is 2. The number of rotatable bonds is 6. The number of nitrogens with zero attached hydrogens (tertiary/aromatic N) is 2. The molecule has 4 nitrogen and oxygen atoms in total. The summed E-state index contributed by atoms with van der Waals surface area (Å²) >= 11 is 1.85. The van der Waals surface area contributed by atoms with Gasteiger partial charge in [0.15, 0.2) is 5.96 Å². The predicted octanol–water partition coefficient (Wildman–Crippen LogP) is 4.18. The minimum Gasteiger partial charge on any atom is -0.354 e. The van der Waals surface area contributed by atoms with Gasteiger partial charge in [-0.05, 0) is 55.4 Å². The molecule has 1 atom stereocenters. The summed E-state index contributed by atoms with van der Waals surface area (Å²) in [5, 5.41) is 9.14. The third-order valence-electron chi connectivity index (χ3n) is 4.85. The maximum Gasteiger partial charge on any atom is 0.191 e. The molecule has 0 saturated carbocycles. The molecule has 1 aromatic heterocycles. The molecule has 0 radical (unpaired) electrons. The standard InChI is InChI=1S/C20H28N4S.HI/c1-16-8-3-4-9-17(16)14-22-20(21-2)23-15-18(19-10-7-13-25-19)24-11-5-6-12-24;/h3-4,7-10,13,18H,5-6,11-12,14-15H2,1-2H3,(H2,21,22,23);1H. The summed E-state index contributed by atoms with van der Waals surface area (Å²) in [4.78, 5) is 8.42. The maximum absolute atomic E-state index is 4.39. The van der Waals surface area contributed by atoms with E-state index >= 15 is 0 Å². The average Bonchev–Trinajstić information content (AvgIpc) is 3.33. The van der Waals surface area contributed by atoms with Gasteiger partial charge in [0.25, 0.3) is 0 Å². The van der Waals surface area contributed by atoms with E-state index in [0.717, 1.165) is 19.0 Å². The van der Waals surface area contributed by atoms with Crippen LogP contribution in [0.25, 0.3) is 0 Å². The normalized spacial score (nSPS) is 16.2. The molecule has 1 saturated heterocycles. The first kappa shape index (κ1) is 21.2. The van der Waals surface area contributed by atoms with Crippen LogP contribution in [-0.2, 0) is 6.54 Å². The van der Waals surface area contributed by atoms with E-state index in [4.69, 9.17) is 0 Å². The number of benzene rings is 1. The Kier molecular flexibility index (Phi) is 8.87. The number of aliphatic imine (C=N–C) groups is 1. The molecular weight excluding hydrogens is 455 g/mol. The number of thiophene rings is 1. The zero-order chi connectivity index (χ0) is 17.5. The number of likely N-dealkylation sites (tertiary alicyclic amines) is 1. The largest absolute Gasteiger partial charge is 0.354 e. The quantitative estimate of drug-likeness (QED) is 0.367. The second-order valence-corrected chi connectivity index (χ2v) is 7.49. The lowest BCUT2D eigenvalue weighted by Gasteiger charge is -2.27. The van der Waals surface area contributed by atoms with Crippen LogP contribution in [0.3, 0.4) is 0 Å². The summed E-state index contributed by atoms with van der Waals surface area (Å²) in [6.45, 7) is 6.21. The molecule has 0 aliphatic carbocycles. The number of guanidine groups is 1. The van der Waals surface area contributed by atoms with Gasteiger partial charge in [0.05, 0.1) is 6.04 Å². The van der Waals surface area contributed by atoms with Gasteiger partial charge >= 0.3 is 0 Å². The Balaban J connectivity index is 0.00000243. The van der Waals surface area contributed by atoms with Gasteiger partial charge in [-0.3, -0.25) is 9.89 Å². The molecular formula is C20H29IN4S. The van der Waals surface area contributed by atoms with Gasteiger partial charge in [0.1, 0.15) is 0 Å². The third kappa shape index (κ3) is 5.69. The predicted molar refractivity (Wildman–Crippen MR) is 123 cm³/mol. The van der Waals surface area contributed by atoms with Crippen LogP contribution in [0.2, 0.25) is 0 Å². The molecule has 0 amide bonds. The first-order chi connectivity index (χ1) is 12.3. The monoisotopic (exact) mass is 484 g/mol. The van der Waals surface area contributed by atoms with Crippen LogP contribution in [0.1, 0.15) is 34.9 Å². The van der Waals surface area contributed by atoms with Crippen molar-refractivity contribution in [2.75, 3.05) is 26.7 Å². The van der Waals surface area contributed by atoms with Crippen molar-refractivity contribution in [1.29, 1.82) is 0 Å². The fraction of sp³-hybridized carbons (Fsp3) is 0.450. The van der Waals surface area contributed by atoms with Crippen molar-refractivity contribution in [3.05, 3.63) is 57.8 Å². The summed E-state index contributed by atoms with van der Waals surface area (Å²) in [7, 11) is 1.84. The van der Waals surface area contributed by atoms with Crippen LogP contribution >= 0.6 is 35.3 Å². The van der Waals surface area contributed by atoms with Crippen molar-refractivity contribution in [3.8, 4) is 0 Å². The molecule has 1 aliphatic heterocycles. The lowest BCUT2D eigenvalue weighted by Crippen LogP contribution is -2.42. The van der Waals surface area contributed by atoms with Crippen molar-refractivity contribution in [2.24, 2.45) is 4.99 Å². The van der Waals surface area contributed by atoms with E-state index < -0.39 is 0 Å². The molecule has 1 aromatic carbocycles. The van der Waals surface area contributed by atoms with Crippen molar-refractivity contribution in [1.82, 2.24) is 15.5 Å². The van der Waals surface area contributed by atoms with Gasteiger partial charge in [-0.25, -0.2) is 0 Å². The molecule has 2 heterocycles. The van der Waals surface area contributed by atoms with Crippen molar-refractivity contribution < 1.29 is 0 Å². The Hall–Kier alpha value is -1.12. The van der Waals surface area contributed by atoms with Crippen molar-refractivity contribution in [3.63, 3.8) is 0 Å². The SMILES string of the molecule is CN=C(NCc1ccccc1C)NCC(c1cccs1)N1CCCC1.I. The Labute approximate surface area is 178 Å². The van der Waals surface area contributed by atoms with Crippen LogP contribution in [-0.4, -0.2) is 37.5 Å². The maximum atomic E-state index is 4.39. The van der Waals surface area contributed by atoms with E-state index in [1.54, 1.807) is 0 Å². The second kappa shape index (κ2) is 10.9. The van der Waals surface area contributed by atoms with Crippen LogP contribution in [0, 0.1) is 6.92 Å². The molecule has 6 heteroatoms. The fourth-order valence-electron chi connectivity index (χ4n) is 3.35. The number of aryl methyl sites for hydroxylation is 1. The average molecular weight is 484 g/mol. The lowest BCUT2D eigenvalue weighted by atomic mass is 10.1. The van der Waals surface area contributed by atoms with Gasteiger partial charge in [-0.2, -0.15) is 0 Å². The van der Waals surface area contributed by atoms with Crippen molar-refractivity contribution >= 4 is 41.3 Å². The van der Waals surface area contributed by atoms with Crippen LogP contribution < -0.4 is 10.6 Å². The first-order valence-corrected chi connectivity index (χ1v) is 9.92. The Bertz CT molecular complexity index is 681. The van der Waals surface area contributed by atoms with Crippen LogP contribution in [0.15, 0.2) is 46.8 Å². The van der Waals surface area contributed by atoms with E-state index in [2.05, 4.69) is 69.2 Å². The summed E-state index contributed by atoms with van der Waals surface area (Å²) < 4.78 is 0. The zero-order valence-electron chi connectivity index (χ0n) is 15.6. The molecule has 1 unspecified atom stereocenters. The topological polar surface area (TPSA) is 39.7 Å². The lowest BCUT2D eigenvalue weighted by molar-refractivity contribution is 0.249. The Morgan fingerprint density at radius 3 is 2.58 bits per heavy atom. The van der Waals surface area contributed by atoms with Crippen LogP contribution in [0.4, 0.5) is 0 Å². The van der Waals surface area contributed by atoms with Gasteiger partial charge < -0.3 is 10.6 Å². The molecule has 26 heavy (non-hydrogen) atoms. The number of halogens is 1. The molecule has 2 N–H and O–H groups in total. The minimum atomic E-state index is 0. The molecule has 0 bridgehead atoms. The highest BCUT2D eigenvalue weighted by molar-refractivity contribution is 14.0. The van der Waals surface area contributed by atoms with E-state index in [-0.39, 0.29) is 24.0 Å². The Morgan fingerprint density at radius 1 is 1.15 bits per heavy atom. The summed E-state index contributed by atoms with van der Waals surface area (Å²) in [5.74, 6) is 0.865. The summed E-state index contributed by atoms with van der Waals surface area (Å²) in [6.07, 6.45) is 2.62. The molecule has 3 rings (SSSR count). The summed E-state index contributed by atoms with van der Waals surface area (Å²) in [5.41, 5.74) is 2.61. The highest BCUT2D eigenvalue weighted by Gasteiger charge is 2.24. The van der Waals surface area contributed by atoms with Gasteiger partial charge in [-0.1, -0.05) is 30.3 Å². The van der Waals surface area contributed by atoms with E-state index in [9.17, 15) is 0 Å².